The summed E-state index contributed by atoms with van der Waals surface area (Å²) >= 11 is 17.8. The Balaban J connectivity index is 2.81. The number of carboxylic acids is 1. The van der Waals surface area contributed by atoms with Crippen LogP contribution in [0.1, 0.15) is 21.5 Å². The number of benzene rings is 2. The van der Waals surface area contributed by atoms with Crippen molar-refractivity contribution in [3.8, 4) is 0 Å². The molecule has 6 nitrogen and oxygen atoms in total. The number of aromatic carboxylic acids is 1. The lowest BCUT2D eigenvalue weighted by molar-refractivity contribution is -0.384. The summed E-state index contributed by atoms with van der Waals surface area (Å²) in [6, 6.07) is 6.57. The van der Waals surface area contributed by atoms with Crippen molar-refractivity contribution in [2.24, 2.45) is 0 Å². The molecule has 0 bridgehead atoms. The van der Waals surface area contributed by atoms with Gasteiger partial charge in [0.05, 0.1) is 26.1 Å². The molecule has 0 aliphatic rings. The lowest BCUT2D eigenvalue weighted by atomic mass is 9.96. The van der Waals surface area contributed by atoms with Crippen LogP contribution in [0.4, 0.5) is 11.4 Å². The Bertz CT molecular complexity index is 783. The maximum absolute atomic E-state index is 11.5. The number of nitrogen functional groups attached to an aromatic ring is 1. The van der Waals surface area contributed by atoms with Crippen LogP contribution >= 0.6 is 34.8 Å². The Hall–Kier alpha value is -2.02. The van der Waals surface area contributed by atoms with Crippen molar-refractivity contribution in [3.63, 3.8) is 0 Å². The van der Waals surface area contributed by atoms with Crippen LogP contribution in [0, 0.1) is 10.1 Å². The standard InChI is InChI=1S/C14H9Cl3N2O4/c15-8-4-2-1-3-6(8)5-7-9(14(20)21)10(16)11(17)12(18)13(7)19(22)23/h1-4H,5,18H2,(H,20,21). The van der Waals surface area contributed by atoms with Crippen LogP contribution < -0.4 is 5.73 Å². The van der Waals surface area contributed by atoms with E-state index in [1.54, 1.807) is 24.3 Å². The molecule has 0 atom stereocenters. The monoisotopic (exact) mass is 374 g/mol. The molecule has 2 aromatic carbocycles. The van der Waals surface area contributed by atoms with E-state index >= 15 is 0 Å². The fourth-order valence-electron chi connectivity index (χ4n) is 2.18. The second kappa shape index (κ2) is 6.62. The van der Waals surface area contributed by atoms with Gasteiger partial charge in [0.15, 0.2) is 0 Å². The second-order valence-corrected chi connectivity index (χ2v) is 5.74. The molecule has 3 N–H and O–H groups in total. The maximum Gasteiger partial charge on any atom is 0.337 e. The second-order valence-electron chi connectivity index (χ2n) is 4.57. The minimum absolute atomic E-state index is 0.126. The SMILES string of the molecule is Nc1c(Cl)c(Cl)c(C(=O)O)c(Cc2ccccc2Cl)c1[N+](=O)[O-]. The summed E-state index contributed by atoms with van der Waals surface area (Å²) in [6.07, 6.45) is -0.126. The molecule has 2 rings (SSSR count). The number of nitro groups is 1. The molecule has 0 aliphatic carbocycles. The fraction of sp³-hybridized carbons (Fsp3) is 0.0714. The van der Waals surface area contributed by atoms with E-state index in [0.717, 1.165) is 0 Å². The van der Waals surface area contributed by atoms with Crippen LogP contribution in [0.5, 0.6) is 0 Å². The molecular formula is C14H9Cl3N2O4. The van der Waals surface area contributed by atoms with Gasteiger partial charge in [-0.2, -0.15) is 0 Å². The summed E-state index contributed by atoms with van der Waals surface area (Å²) in [5, 5.41) is 20.4. The number of nitrogens with zero attached hydrogens (tertiary/aromatic N) is 1. The van der Waals surface area contributed by atoms with Crippen LogP contribution in [-0.2, 0) is 6.42 Å². The average Bonchev–Trinajstić information content (AvgIpc) is 2.46. The first-order chi connectivity index (χ1) is 10.8. The number of carboxylic acid groups (broad SMARTS) is 1. The van der Waals surface area contributed by atoms with Crippen LogP contribution in [0.3, 0.4) is 0 Å². The first-order valence-electron chi connectivity index (χ1n) is 6.16. The minimum Gasteiger partial charge on any atom is -0.478 e. The molecule has 23 heavy (non-hydrogen) atoms. The summed E-state index contributed by atoms with van der Waals surface area (Å²) in [5.74, 6) is -1.44. The minimum atomic E-state index is -1.44. The normalized spacial score (nSPS) is 10.6. The third kappa shape index (κ3) is 3.19. The van der Waals surface area contributed by atoms with Crippen LogP contribution in [0.15, 0.2) is 24.3 Å². The number of hydrogen-bond acceptors (Lipinski definition) is 4. The van der Waals surface area contributed by atoms with Crippen LogP contribution in [0.2, 0.25) is 15.1 Å². The number of carbonyl (C=O) groups is 1. The van der Waals surface area contributed by atoms with E-state index in [1.165, 1.54) is 0 Å². The van der Waals surface area contributed by atoms with E-state index in [9.17, 15) is 20.0 Å². The zero-order valence-corrected chi connectivity index (χ0v) is 13.6. The highest BCUT2D eigenvalue weighted by Gasteiger charge is 2.31. The van der Waals surface area contributed by atoms with Gasteiger partial charge in [-0.1, -0.05) is 53.0 Å². The van der Waals surface area contributed by atoms with Gasteiger partial charge in [-0.3, -0.25) is 10.1 Å². The number of rotatable bonds is 4. The van der Waals surface area contributed by atoms with Gasteiger partial charge in [0.2, 0.25) is 0 Å². The van der Waals surface area contributed by atoms with Gasteiger partial charge >= 0.3 is 5.97 Å². The van der Waals surface area contributed by atoms with Crippen molar-refractivity contribution in [2.45, 2.75) is 6.42 Å². The summed E-state index contributed by atoms with van der Waals surface area (Å²) < 4.78 is 0. The first kappa shape index (κ1) is 17.3. The van der Waals surface area contributed by atoms with Gasteiger partial charge in [-0.05, 0) is 11.6 Å². The maximum atomic E-state index is 11.5. The zero-order chi connectivity index (χ0) is 17.3. The Labute approximate surface area is 145 Å². The number of nitrogens with two attached hydrogens (primary N) is 1. The van der Waals surface area contributed by atoms with Crippen LogP contribution in [-0.4, -0.2) is 16.0 Å². The van der Waals surface area contributed by atoms with E-state index in [-0.39, 0.29) is 27.7 Å². The molecule has 9 heteroatoms. The van der Waals surface area contributed by atoms with E-state index in [0.29, 0.717) is 10.6 Å². The summed E-state index contributed by atoms with van der Waals surface area (Å²) in [6.45, 7) is 0. The largest absolute Gasteiger partial charge is 0.478 e. The van der Waals surface area contributed by atoms with Crippen molar-refractivity contribution in [1.82, 2.24) is 0 Å². The lowest BCUT2D eigenvalue weighted by Crippen LogP contribution is -2.11. The van der Waals surface area contributed by atoms with Crippen molar-refractivity contribution in [1.29, 1.82) is 0 Å². The number of nitro benzene ring substituents is 1. The summed E-state index contributed by atoms with van der Waals surface area (Å²) in [4.78, 5) is 22.1. The lowest BCUT2D eigenvalue weighted by Gasteiger charge is -2.13. The van der Waals surface area contributed by atoms with E-state index in [4.69, 9.17) is 40.5 Å². The smallest absolute Gasteiger partial charge is 0.337 e. The molecule has 0 fully saturated rings. The van der Waals surface area contributed by atoms with Gasteiger partial charge in [0, 0.05) is 11.4 Å². The molecule has 0 saturated heterocycles. The quantitative estimate of drug-likeness (QED) is 0.467. The highest BCUT2D eigenvalue weighted by atomic mass is 35.5. The topological polar surface area (TPSA) is 106 Å². The summed E-state index contributed by atoms with van der Waals surface area (Å²) in [7, 11) is 0. The van der Waals surface area contributed by atoms with Gasteiger partial charge in [0.25, 0.3) is 5.69 Å². The molecule has 0 spiro atoms. The third-order valence-corrected chi connectivity index (χ3v) is 4.45. The van der Waals surface area contributed by atoms with Gasteiger partial charge in [-0.25, -0.2) is 4.79 Å². The highest BCUT2D eigenvalue weighted by molar-refractivity contribution is 6.46. The van der Waals surface area contributed by atoms with E-state index in [2.05, 4.69) is 0 Å². The van der Waals surface area contributed by atoms with Crippen molar-refractivity contribution in [2.75, 3.05) is 5.73 Å². The van der Waals surface area contributed by atoms with Crippen molar-refractivity contribution >= 4 is 52.1 Å². The van der Waals surface area contributed by atoms with Gasteiger partial charge < -0.3 is 10.8 Å². The molecule has 0 radical (unpaired) electrons. The van der Waals surface area contributed by atoms with Gasteiger partial charge in [0.1, 0.15) is 5.69 Å². The zero-order valence-electron chi connectivity index (χ0n) is 11.3. The molecule has 0 amide bonds. The number of hydrogen-bond donors (Lipinski definition) is 2. The van der Waals surface area contributed by atoms with E-state index in [1.807, 2.05) is 0 Å². The Morgan fingerprint density at radius 1 is 1.22 bits per heavy atom. The molecule has 2 aromatic rings. The summed E-state index contributed by atoms with van der Waals surface area (Å²) in [5.41, 5.74) is 4.58. The fourth-order valence-corrected chi connectivity index (χ4v) is 2.86. The number of halogens is 3. The molecule has 120 valence electrons. The average molecular weight is 376 g/mol. The Kier molecular flexibility index (Phi) is 4.99. The predicted molar refractivity (Wildman–Crippen MR) is 88.7 cm³/mol. The number of anilines is 1. The van der Waals surface area contributed by atoms with Crippen LogP contribution in [0.25, 0.3) is 0 Å². The highest BCUT2D eigenvalue weighted by Crippen LogP contribution is 2.43. The molecular weight excluding hydrogens is 367 g/mol. The molecule has 0 aromatic heterocycles. The van der Waals surface area contributed by atoms with Gasteiger partial charge in [-0.15, -0.1) is 0 Å². The first-order valence-corrected chi connectivity index (χ1v) is 7.29. The molecule has 0 saturated carbocycles. The molecule has 0 unspecified atom stereocenters. The molecule has 0 aliphatic heterocycles. The third-order valence-electron chi connectivity index (χ3n) is 3.21. The predicted octanol–water partition coefficient (Wildman–Crippen LogP) is 4.43. The van der Waals surface area contributed by atoms with Crippen molar-refractivity contribution in [3.05, 3.63) is 66.1 Å². The Morgan fingerprint density at radius 3 is 2.35 bits per heavy atom. The van der Waals surface area contributed by atoms with E-state index < -0.39 is 22.1 Å². The van der Waals surface area contributed by atoms with Crippen molar-refractivity contribution < 1.29 is 14.8 Å². The molecule has 0 heterocycles. The Morgan fingerprint density at radius 2 is 1.83 bits per heavy atom.